The lowest BCUT2D eigenvalue weighted by Crippen LogP contribution is -2.29. The van der Waals surface area contributed by atoms with Gasteiger partial charge < -0.3 is 14.8 Å². The molecule has 0 bridgehead atoms. The summed E-state index contributed by atoms with van der Waals surface area (Å²) in [6.07, 6.45) is 4.01. The zero-order valence-corrected chi connectivity index (χ0v) is 12.9. The predicted octanol–water partition coefficient (Wildman–Crippen LogP) is 3.69. The molecule has 1 N–H and O–H groups in total. The van der Waals surface area contributed by atoms with Crippen LogP contribution in [0, 0.1) is 0 Å². The summed E-state index contributed by atoms with van der Waals surface area (Å²) in [6.45, 7) is 8.27. The summed E-state index contributed by atoms with van der Waals surface area (Å²) in [5.74, 6) is 0.995. The Kier molecular flexibility index (Phi) is 5.86. The molecule has 3 heteroatoms. The molecular weight excluding hydrogens is 250 g/mol. The largest absolute Gasteiger partial charge is 0.490 e. The van der Waals surface area contributed by atoms with Gasteiger partial charge in [0.15, 0.2) is 0 Å². The van der Waals surface area contributed by atoms with E-state index in [0.717, 1.165) is 25.3 Å². The Hall–Kier alpha value is -1.06. The Morgan fingerprint density at radius 1 is 1.35 bits per heavy atom. The lowest BCUT2D eigenvalue weighted by atomic mass is 10.1. The molecule has 112 valence electrons. The van der Waals surface area contributed by atoms with Crippen LogP contribution in [0.3, 0.4) is 0 Å². The maximum absolute atomic E-state index is 6.02. The fraction of sp³-hybridized carbons (Fsp3) is 0.647. The van der Waals surface area contributed by atoms with Gasteiger partial charge in [-0.2, -0.15) is 0 Å². The van der Waals surface area contributed by atoms with Crippen LogP contribution in [0.1, 0.15) is 51.6 Å². The molecule has 0 radical (unpaired) electrons. The third kappa shape index (κ3) is 4.22. The van der Waals surface area contributed by atoms with Crippen LogP contribution in [0.15, 0.2) is 24.3 Å². The lowest BCUT2D eigenvalue weighted by Gasteiger charge is -2.22. The van der Waals surface area contributed by atoms with Crippen LogP contribution in [0.2, 0.25) is 0 Å². The third-order valence-electron chi connectivity index (χ3n) is 3.96. The predicted molar refractivity (Wildman–Crippen MR) is 82.2 cm³/mol. The highest BCUT2D eigenvalue weighted by Gasteiger charge is 2.18. The Bertz CT molecular complexity index is 402. The second kappa shape index (κ2) is 7.65. The van der Waals surface area contributed by atoms with Crippen LogP contribution < -0.4 is 10.1 Å². The standard InChI is InChI=1S/C17H27NO2/c1-4-13(2)20-17-10-6-5-9-16(17)14(3)18-12-15-8-7-11-19-15/h5-6,9-10,13-15,18H,4,7-8,11-12H2,1-3H3/t13-,14-,15+/m0/s1. The van der Waals surface area contributed by atoms with E-state index in [1.807, 2.05) is 6.07 Å². The zero-order valence-electron chi connectivity index (χ0n) is 12.9. The molecule has 2 rings (SSSR count). The van der Waals surface area contributed by atoms with E-state index in [2.05, 4.69) is 44.3 Å². The van der Waals surface area contributed by atoms with E-state index < -0.39 is 0 Å². The van der Waals surface area contributed by atoms with Crippen molar-refractivity contribution in [2.75, 3.05) is 13.2 Å². The summed E-state index contributed by atoms with van der Waals surface area (Å²) >= 11 is 0. The van der Waals surface area contributed by atoms with Crippen molar-refractivity contribution in [2.24, 2.45) is 0 Å². The van der Waals surface area contributed by atoms with Crippen molar-refractivity contribution in [1.29, 1.82) is 0 Å². The van der Waals surface area contributed by atoms with Gasteiger partial charge in [0.2, 0.25) is 0 Å². The first-order valence-electron chi connectivity index (χ1n) is 7.81. The van der Waals surface area contributed by atoms with E-state index >= 15 is 0 Å². The second-order valence-electron chi connectivity index (χ2n) is 5.64. The summed E-state index contributed by atoms with van der Waals surface area (Å²) in [5, 5.41) is 3.57. The minimum atomic E-state index is 0.251. The molecule has 3 atom stereocenters. The average Bonchev–Trinajstić information content (AvgIpc) is 2.98. The first-order valence-corrected chi connectivity index (χ1v) is 7.81. The molecule has 1 aromatic carbocycles. The molecule has 1 fully saturated rings. The molecule has 0 unspecified atom stereocenters. The van der Waals surface area contributed by atoms with Gasteiger partial charge in [-0.25, -0.2) is 0 Å². The van der Waals surface area contributed by atoms with Gasteiger partial charge in [-0.15, -0.1) is 0 Å². The average molecular weight is 277 g/mol. The van der Waals surface area contributed by atoms with E-state index in [1.54, 1.807) is 0 Å². The van der Waals surface area contributed by atoms with Gasteiger partial charge >= 0.3 is 0 Å². The first kappa shape index (κ1) is 15.3. The highest BCUT2D eigenvalue weighted by molar-refractivity contribution is 5.35. The molecule has 0 amide bonds. The van der Waals surface area contributed by atoms with E-state index in [1.165, 1.54) is 18.4 Å². The maximum Gasteiger partial charge on any atom is 0.124 e. The number of ether oxygens (including phenoxy) is 2. The van der Waals surface area contributed by atoms with Gasteiger partial charge in [0, 0.05) is 24.8 Å². The molecule has 0 aliphatic carbocycles. The minimum Gasteiger partial charge on any atom is -0.490 e. The highest BCUT2D eigenvalue weighted by atomic mass is 16.5. The van der Waals surface area contributed by atoms with Gasteiger partial charge in [0.05, 0.1) is 12.2 Å². The number of para-hydroxylation sites is 1. The van der Waals surface area contributed by atoms with E-state index in [-0.39, 0.29) is 12.1 Å². The SMILES string of the molecule is CC[C@H](C)Oc1ccccc1[C@H](C)NC[C@H]1CCCO1. The molecule has 1 aliphatic rings. The number of rotatable bonds is 7. The second-order valence-corrected chi connectivity index (χ2v) is 5.64. The van der Waals surface area contributed by atoms with Crippen molar-refractivity contribution in [3.8, 4) is 5.75 Å². The van der Waals surface area contributed by atoms with Crippen molar-refractivity contribution in [3.63, 3.8) is 0 Å². The third-order valence-corrected chi connectivity index (χ3v) is 3.96. The van der Waals surface area contributed by atoms with Gasteiger partial charge in [-0.3, -0.25) is 0 Å². The van der Waals surface area contributed by atoms with Crippen LogP contribution in [0.5, 0.6) is 5.75 Å². The summed E-state index contributed by atoms with van der Waals surface area (Å²) in [6, 6.07) is 8.59. The zero-order chi connectivity index (χ0) is 14.4. The Balaban J connectivity index is 1.95. The summed E-state index contributed by atoms with van der Waals surface area (Å²) in [4.78, 5) is 0. The van der Waals surface area contributed by atoms with Crippen LogP contribution in [-0.2, 0) is 4.74 Å². The van der Waals surface area contributed by atoms with Crippen LogP contribution in [0.25, 0.3) is 0 Å². The molecule has 0 saturated carbocycles. The van der Waals surface area contributed by atoms with E-state index in [4.69, 9.17) is 9.47 Å². The van der Waals surface area contributed by atoms with Crippen LogP contribution >= 0.6 is 0 Å². The van der Waals surface area contributed by atoms with Gasteiger partial charge in [-0.1, -0.05) is 25.1 Å². The smallest absolute Gasteiger partial charge is 0.124 e. The van der Waals surface area contributed by atoms with Crippen molar-refractivity contribution in [2.45, 2.75) is 58.3 Å². The highest BCUT2D eigenvalue weighted by Crippen LogP contribution is 2.26. The molecular formula is C17H27NO2. The molecule has 0 spiro atoms. The fourth-order valence-electron chi connectivity index (χ4n) is 2.47. The number of hydrogen-bond donors (Lipinski definition) is 1. The molecule has 1 heterocycles. The summed E-state index contributed by atoms with van der Waals surface area (Å²) in [5.41, 5.74) is 1.23. The maximum atomic E-state index is 6.02. The molecule has 0 aromatic heterocycles. The monoisotopic (exact) mass is 277 g/mol. The Morgan fingerprint density at radius 2 is 2.15 bits per heavy atom. The van der Waals surface area contributed by atoms with Crippen molar-refractivity contribution in [1.82, 2.24) is 5.32 Å². The van der Waals surface area contributed by atoms with Gasteiger partial charge in [0.25, 0.3) is 0 Å². The molecule has 1 aliphatic heterocycles. The molecule has 1 aromatic rings. The van der Waals surface area contributed by atoms with Crippen molar-refractivity contribution < 1.29 is 9.47 Å². The van der Waals surface area contributed by atoms with Crippen molar-refractivity contribution in [3.05, 3.63) is 29.8 Å². The Morgan fingerprint density at radius 3 is 2.85 bits per heavy atom. The van der Waals surface area contributed by atoms with Crippen molar-refractivity contribution >= 4 is 0 Å². The van der Waals surface area contributed by atoms with E-state index in [0.29, 0.717) is 6.10 Å². The summed E-state index contributed by atoms with van der Waals surface area (Å²) < 4.78 is 11.7. The molecule has 1 saturated heterocycles. The fourth-order valence-corrected chi connectivity index (χ4v) is 2.47. The molecule has 3 nitrogen and oxygen atoms in total. The lowest BCUT2D eigenvalue weighted by molar-refractivity contribution is 0.108. The Labute approximate surface area is 122 Å². The first-order chi connectivity index (χ1) is 9.70. The quantitative estimate of drug-likeness (QED) is 0.824. The normalized spacial score (nSPS) is 21.6. The number of hydrogen-bond acceptors (Lipinski definition) is 3. The van der Waals surface area contributed by atoms with Crippen LogP contribution in [0.4, 0.5) is 0 Å². The topological polar surface area (TPSA) is 30.5 Å². The van der Waals surface area contributed by atoms with E-state index in [9.17, 15) is 0 Å². The number of nitrogens with one attached hydrogen (secondary N) is 1. The minimum absolute atomic E-state index is 0.251. The van der Waals surface area contributed by atoms with Gasteiger partial charge in [0.1, 0.15) is 5.75 Å². The summed E-state index contributed by atoms with van der Waals surface area (Å²) in [7, 11) is 0. The molecule has 20 heavy (non-hydrogen) atoms. The van der Waals surface area contributed by atoms with Gasteiger partial charge in [-0.05, 0) is 39.2 Å². The van der Waals surface area contributed by atoms with Crippen LogP contribution in [-0.4, -0.2) is 25.4 Å². The number of benzene rings is 1.